The molecule has 0 radical (unpaired) electrons. The molecule has 18 heavy (non-hydrogen) atoms. The van der Waals surface area contributed by atoms with Crippen molar-refractivity contribution in [3.63, 3.8) is 0 Å². The standard InChI is InChI=1S/C14H21N3O/c1-17(12-6-3-2-4-7-12)11-10-16-14(18)13-8-5-9-15-13/h2-4,6-7,13,15H,5,8-11H2,1H3,(H,16,18)/t13-/m1/s1. The van der Waals surface area contributed by atoms with Crippen LogP contribution in [0.1, 0.15) is 12.8 Å². The van der Waals surface area contributed by atoms with E-state index in [1.807, 2.05) is 25.2 Å². The molecule has 0 aliphatic carbocycles. The van der Waals surface area contributed by atoms with Gasteiger partial charge < -0.3 is 15.5 Å². The van der Waals surface area contributed by atoms with Crippen LogP contribution >= 0.6 is 0 Å². The molecule has 0 unspecified atom stereocenters. The second-order valence-electron chi connectivity index (χ2n) is 4.70. The summed E-state index contributed by atoms with van der Waals surface area (Å²) < 4.78 is 0. The van der Waals surface area contributed by atoms with Crippen molar-refractivity contribution in [1.82, 2.24) is 10.6 Å². The Labute approximate surface area is 108 Å². The lowest BCUT2D eigenvalue weighted by Gasteiger charge is -2.20. The molecule has 4 nitrogen and oxygen atoms in total. The fourth-order valence-corrected chi connectivity index (χ4v) is 2.19. The zero-order valence-corrected chi connectivity index (χ0v) is 10.9. The first kappa shape index (κ1) is 12.9. The number of nitrogens with one attached hydrogen (secondary N) is 2. The molecule has 0 bridgehead atoms. The third-order valence-electron chi connectivity index (χ3n) is 3.32. The van der Waals surface area contributed by atoms with Crippen LogP contribution in [0.25, 0.3) is 0 Å². The molecule has 4 heteroatoms. The smallest absolute Gasteiger partial charge is 0.237 e. The van der Waals surface area contributed by atoms with E-state index in [-0.39, 0.29) is 11.9 Å². The van der Waals surface area contributed by atoms with E-state index in [1.165, 1.54) is 5.69 Å². The Morgan fingerprint density at radius 1 is 1.44 bits per heavy atom. The van der Waals surface area contributed by atoms with Gasteiger partial charge in [0, 0.05) is 25.8 Å². The van der Waals surface area contributed by atoms with E-state index in [9.17, 15) is 4.79 Å². The van der Waals surface area contributed by atoms with Gasteiger partial charge in [-0.05, 0) is 31.5 Å². The summed E-state index contributed by atoms with van der Waals surface area (Å²) >= 11 is 0. The fourth-order valence-electron chi connectivity index (χ4n) is 2.19. The maximum absolute atomic E-state index is 11.8. The monoisotopic (exact) mass is 247 g/mol. The van der Waals surface area contributed by atoms with Crippen molar-refractivity contribution in [3.05, 3.63) is 30.3 Å². The number of para-hydroxylation sites is 1. The van der Waals surface area contributed by atoms with E-state index >= 15 is 0 Å². The van der Waals surface area contributed by atoms with Crippen molar-refractivity contribution in [2.45, 2.75) is 18.9 Å². The van der Waals surface area contributed by atoms with Crippen LogP contribution in [-0.4, -0.2) is 38.6 Å². The summed E-state index contributed by atoms with van der Waals surface area (Å²) in [4.78, 5) is 13.9. The molecule has 1 aromatic carbocycles. The van der Waals surface area contributed by atoms with E-state index in [0.29, 0.717) is 6.54 Å². The van der Waals surface area contributed by atoms with Crippen molar-refractivity contribution in [1.29, 1.82) is 0 Å². The third-order valence-corrected chi connectivity index (χ3v) is 3.32. The van der Waals surface area contributed by atoms with E-state index in [2.05, 4.69) is 27.7 Å². The van der Waals surface area contributed by atoms with Crippen LogP contribution in [0.4, 0.5) is 5.69 Å². The molecule has 1 aliphatic heterocycles. The highest BCUT2D eigenvalue weighted by Gasteiger charge is 2.21. The second-order valence-corrected chi connectivity index (χ2v) is 4.70. The molecule has 1 atom stereocenters. The summed E-state index contributed by atoms with van der Waals surface area (Å²) in [6.07, 6.45) is 2.06. The average Bonchev–Trinajstić information content (AvgIpc) is 2.93. The molecule has 2 N–H and O–H groups in total. The Kier molecular flexibility index (Phi) is 4.59. The molecule has 0 aromatic heterocycles. The number of carbonyl (C=O) groups excluding carboxylic acids is 1. The quantitative estimate of drug-likeness (QED) is 0.815. The molecule has 0 saturated carbocycles. The predicted molar refractivity (Wildman–Crippen MR) is 73.7 cm³/mol. The number of hydrogen-bond donors (Lipinski definition) is 2. The SMILES string of the molecule is CN(CCNC(=O)[C@H]1CCCN1)c1ccccc1. The number of amides is 1. The van der Waals surface area contributed by atoms with Crippen molar-refractivity contribution in [3.8, 4) is 0 Å². The van der Waals surface area contributed by atoms with Crippen LogP contribution in [0.15, 0.2) is 30.3 Å². The van der Waals surface area contributed by atoms with Gasteiger partial charge in [0.15, 0.2) is 0 Å². The third kappa shape index (κ3) is 3.47. The van der Waals surface area contributed by atoms with Crippen molar-refractivity contribution >= 4 is 11.6 Å². The van der Waals surface area contributed by atoms with Crippen LogP contribution in [0, 0.1) is 0 Å². The summed E-state index contributed by atoms with van der Waals surface area (Å²) in [5.74, 6) is 0.133. The number of likely N-dealkylation sites (N-methyl/N-ethyl adjacent to an activating group) is 1. The molecular formula is C14H21N3O. The largest absolute Gasteiger partial charge is 0.373 e. The molecule has 98 valence electrons. The van der Waals surface area contributed by atoms with Crippen molar-refractivity contribution < 1.29 is 4.79 Å². The van der Waals surface area contributed by atoms with Gasteiger partial charge in [-0.25, -0.2) is 0 Å². The number of benzene rings is 1. The van der Waals surface area contributed by atoms with Crippen molar-refractivity contribution in [2.75, 3.05) is 31.6 Å². The van der Waals surface area contributed by atoms with Gasteiger partial charge in [0.1, 0.15) is 0 Å². The number of hydrogen-bond acceptors (Lipinski definition) is 3. The predicted octanol–water partition coefficient (Wildman–Crippen LogP) is 0.991. The first-order valence-electron chi connectivity index (χ1n) is 6.54. The molecule has 1 heterocycles. The maximum Gasteiger partial charge on any atom is 0.237 e. The van der Waals surface area contributed by atoms with Crippen molar-refractivity contribution in [2.24, 2.45) is 0 Å². The summed E-state index contributed by atoms with van der Waals surface area (Å²) in [6.45, 7) is 2.47. The lowest BCUT2D eigenvalue weighted by Crippen LogP contribution is -2.43. The maximum atomic E-state index is 11.8. The molecular weight excluding hydrogens is 226 g/mol. The van der Waals surface area contributed by atoms with Gasteiger partial charge in [0.2, 0.25) is 5.91 Å². The van der Waals surface area contributed by atoms with Gasteiger partial charge in [0.05, 0.1) is 6.04 Å². The summed E-state index contributed by atoms with van der Waals surface area (Å²) in [7, 11) is 2.04. The van der Waals surface area contributed by atoms with Crippen LogP contribution in [-0.2, 0) is 4.79 Å². The van der Waals surface area contributed by atoms with Crippen LogP contribution in [0.3, 0.4) is 0 Å². The highest BCUT2D eigenvalue weighted by molar-refractivity contribution is 5.82. The van der Waals surface area contributed by atoms with Gasteiger partial charge in [-0.1, -0.05) is 18.2 Å². The Morgan fingerprint density at radius 2 is 2.22 bits per heavy atom. The summed E-state index contributed by atoms with van der Waals surface area (Å²) in [5, 5.41) is 6.18. The van der Waals surface area contributed by atoms with Gasteiger partial charge in [0.25, 0.3) is 0 Å². The Balaban J connectivity index is 1.70. The average molecular weight is 247 g/mol. The van der Waals surface area contributed by atoms with E-state index in [4.69, 9.17) is 0 Å². The molecule has 1 aromatic rings. The molecule has 2 rings (SSSR count). The Bertz CT molecular complexity index is 374. The molecule has 0 spiro atoms. The lowest BCUT2D eigenvalue weighted by atomic mass is 10.2. The molecule has 1 saturated heterocycles. The minimum Gasteiger partial charge on any atom is -0.373 e. The number of carbonyl (C=O) groups is 1. The zero-order chi connectivity index (χ0) is 12.8. The van der Waals surface area contributed by atoms with E-state index in [0.717, 1.165) is 25.9 Å². The van der Waals surface area contributed by atoms with E-state index in [1.54, 1.807) is 0 Å². The lowest BCUT2D eigenvalue weighted by molar-refractivity contribution is -0.122. The molecule has 1 aliphatic rings. The highest BCUT2D eigenvalue weighted by atomic mass is 16.2. The minimum absolute atomic E-state index is 0.0204. The summed E-state index contributed by atoms with van der Waals surface area (Å²) in [5.41, 5.74) is 1.17. The number of nitrogens with zero attached hydrogens (tertiary/aromatic N) is 1. The Morgan fingerprint density at radius 3 is 2.89 bits per heavy atom. The van der Waals surface area contributed by atoms with Crippen LogP contribution in [0.2, 0.25) is 0 Å². The zero-order valence-electron chi connectivity index (χ0n) is 10.9. The van der Waals surface area contributed by atoms with Crippen LogP contribution < -0.4 is 15.5 Å². The number of anilines is 1. The fraction of sp³-hybridized carbons (Fsp3) is 0.500. The first-order valence-corrected chi connectivity index (χ1v) is 6.54. The minimum atomic E-state index is 0.0204. The van der Waals surface area contributed by atoms with Gasteiger partial charge in [-0.2, -0.15) is 0 Å². The van der Waals surface area contributed by atoms with Gasteiger partial charge >= 0.3 is 0 Å². The summed E-state index contributed by atoms with van der Waals surface area (Å²) in [6, 6.07) is 10.2. The topological polar surface area (TPSA) is 44.4 Å². The second kappa shape index (κ2) is 6.40. The molecule has 1 amide bonds. The molecule has 1 fully saturated rings. The highest BCUT2D eigenvalue weighted by Crippen LogP contribution is 2.09. The van der Waals surface area contributed by atoms with Gasteiger partial charge in [-0.15, -0.1) is 0 Å². The van der Waals surface area contributed by atoms with Crippen LogP contribution in [0.5, 0.6) is 0 Å². The first-order chi connectivity index (χ1) is 8.77. The Hall–Kier alpha value is -1.55. The number of rotatable bonds is 5. The normalized spacial score (nSPS) is 18.6. The van der Waals surface area contributed by atoms with Gasteiger partial charge in [-0.3, -0.25) is 4.79 Å². The van der Waals surface area contributed by atoms with E-state index < -0.39 is 0 Å².